The highest BCUT2D eigenvalue weighted by Gasteiger charge is 1.93. The van der Waals surface area contributed by atoms with Crippen LogP contribution in [0.2, 0.25) is 0 Å². The summed E-state index contributed by atoms with van der Waals surface area (Å²) in [5, 5.41) is 0. The Labute approximate surface area is 67.1 Å². The third-order valence-corrected chi connectivity index (χ3v) is 1.30. The summed E-state index contributed by atoms with van der Waals surface area (Å²) in [4.78, 5) is 2.37. The SMILES string of the molecule is [2H]c1c(C([2H])([2H])[2H])[nH]c(Br)c1C([2H])([2H])[2H]. The maximum atomic E-state index is 7.50. The molecule has 1 nitrogen and oxygen atoms in total. The molecule has 44 valence electrons. The molecule has 0 aliphatic carbocycles. The van der Waals surface area contributed by atoms with Crippen LogP contribution in [0.15, 0.2) is 10.6 Å². The lowest BCUT2D eigenvalue weighted by Crippen LogP contribution is -1.64. The quantitative estimate of drug-likeness (QED) is 0.632. The fourth-order valence-electron chi connectivity index (χ4n) is 0.383. The van der Waals surface area contributed by atoms with E-state index < -0.39 is 19.7 Å². The maximum absolute atomic E-state index is 7.50. The second-order valence-corrected chi connectivity index (χ2v) is 2.11. The Kier molecular flexibility index (Phi) is 0.394. The number of hydrogen-bond acceptors (Lipinski definition) is 0. The molecular weight excluding hydrogens is 166 g/mol. The highest BCUT2D eigenvalue weighted by molar-refractivity contribution is 9.10. The van der Waals surface area contributed by atoms with Gasteiger partial charge in [0.05, 0.1) is 5.97 Å². The van der Waals surface area contributed by atoms with Crippen LogP contribution in [0.25, 0.3) is 0 Å². The summed E-state index contributed by atoms with van der Waals surface area (Å²) in [6, 6.07) is -0.484. The Balaban J connectivity index is 3.41. The molecule has 0 saturated heterocycles. The normalized spacial score (nSPS) is 25.9. The number of H-pyrrole nitrogens is 1. The smallest absolute Gasteiger partial charge is 0.0851 e. The first-order chi connectivity index (χ1) is 6.55. The Morgan fingerprint density at radius 3 is 3.12 bits per heavy atom. The van der Waals surface area contributed by atoms with E-state index in [0.717, 1.165) is 0 Å². The van der Waals surface area contributed by atoms with E-state index in [0.29, 0.717) is 0 Å². The highest BCUT2D eigenvalue weighted by atomic mass is 79.9. The first kappa shape index (κ1) is 1.63. The molecule has 0 atom stereocenters. The van der Waals surface area contributed by atoms with E-state index in [1.807, 2.05) is 0 Å². The summed E-state index contributed by atoms with van der Waals surface area (Å²) in [6.45, 7) is -5.01. The van der Waals surface area contributed by atoms with Crippen LogP contribution in [0.3, 0.4) is 0 Å². The lowest BCUT2D eigenvalue weighted by Gasteiger charge is -1.79. The topological polar surface area (TPSA) is 15.8 Å². The molecule has 0 bridgehead atoms. The van der Waals surface area contributed by atoms with E-state index in [9.17, 15) is 0 Å². The van der Waals surface area contributed by atoms with Crippen LogP contribution in [0, 0.1) is 13.7 Å². The minimum absolute atomic E-state index is 0.0265. The van der Waals surface area contributed by atoms with Crippen molar-refractivity contribution >= 4 is 15.9 Å². The summed E-state index contributed by atoms with van der Waals surface area (Å²) >= 11 is 2.91. The summed E-state index contributed by atoms with van der Waals surface area (Å²) in [5.41, 5.74) is -0.658. The van der Waals surface area contributed by atoms with Crippen LogP contribution in [0.4, 0.5) is 0 Å². The van der Waals surface area contributed by atoms with Crippen molar-refractivity contribution in [3.63, 3.8) is 0 Å². The van der Waals surface area contributed by atoms with Gasteiger partial charge in [-0.2, -0.15) is 0 Å². The van der Waals surface area contributed by atoms with E-state index in [1.54, 1.807) is 0 Å². The molecule has 1 N–H and O–H groups in total. The van der Waals surface area contributed by atoms with Gasteiger partial charge >= 0.3 is 0 Å². The molecule has 0 aromatic carbocycles. The van der Waals surface area contributed by atoms with Gasteiger partial charge in [-0.3, -0.25) is 0 Å². The summed E-state index contributed by atoms with van der Waals surface area (Å²) in [5.74, 6) is 0. The number of rotatable bonds is 0. The number of aryl methyl sites for hydroxylation is 1. The van der Waals surface area contributed by atoms with Gasteiger partial charge in [-0.1, -0.05) is 0 Å². The molecule has 1 rings (SSSR count). The first-order valence-electron chi connectivity index (χ1n) is 5.44. The van der Waals surface area contributed by atoms with Crippen molar-refractivity contribution in [3.8, 4) is 0 Å². The summed E-state index contributed by atoms with van der Waals surface area (Å²) < 4.78 is 50.3. The predicted octanol–water partition coefficient (Wildman–Crippen LogP) is 2.39. The monoisotopic (exact) mass is 180 g/mol. The minimum atomic E-state index is -2.51. The van der Waals surface area contributed by atoms with Crippen molar-refractivity contribution < 1.29 is 9.60 Å². The second kappa shape index (κ2) is 1.94. The minimum Gasteiger partial charge on any atom is -0.353 e. The molecule has 0 aliphatic rings. The molecule has 1 aromatic heterocycles. The second-order valence-electron chi connectivity index (χ2n) is 1.31. The van der Waals surface area contributed by atoms with Gasteiger partial charge < -0.3 is 4.98 Å². The molecule has 0 fully saturated rings. The van der Waals surface area contributed by atoms with Crippen LogP contribution in [0.1, 0.15) is 20.9 Å². The molecule has 0 spiro atoms. The van der Waals surface area contributed by atoms with Gasteiger partial charge in [-0.05, 0) is 41.2 Å². The first-order valence-corrected chi connectivity index (χ1v) is 2.73. The number of aromatic amines is 1. The third kappa shape index (κ3) is 0.944. The van der Waals surface area contributed by atoms with Crippen LogP contribution in [0.5, 0.6) is 0 Å². The van der Waals surface area contributed by atoms with Crippen LogP contribution >= 0.6 is 15.9 Å². The average Bonchev–Trinajstić information content (AvgIpc) is 2.22. The van der Waals surface area contributed by atoms with Crippen molar-refractivity contribution in [2.45, 2.75) is 13.7 Å². The largest absolute Gasteiger partial charge is 0.353 e. The van der Waals surface area contributed by atoms with Crippen molar-refractivity contribution in [2.24, 2.45) is 0 Å². The van der Waals surface area contributed by atoms with Crippen LogP contribution in [-0.2, 0) is 0 Å². The standard InChI is InChI=1S/C6H8BrN/c1-4-3-5(2)8-6(4)7/h3,8H,1-2H3/i1D3,2D3,3D. The molecule has 2 heteroatoms. The number of hydrogen-bond donors (Lipinski definition) is 1. The van der Waals surface area contributed by atoms with Gasteiger partial charge in [-0.15, -0.1) is 0 Å². The maximum Gasteiger partial charge on any atom is 0.0851 e. The molecule has 1 aromatic rings. The van der Waals surface area contributed by atoms with E-state index in [4.69, 9.17) is 9.60 Å². The Bertz CT molecular complexity index is 374. The zero-order valence-corrected chi connectivity index (χ0v) is 5.46. The van der Waals surface area contributed by atoms with E-state index in [1.165, 1.54) is 0 Å². The zero-order valence-electron chi connectivity index (χ0n) is 10.9. The van der Waals surface area contributed by atoms with Crippen molar-refractivity contribution in [3.05, 3.63) is 21.9 Å². The van der Waals surface area contributed by atoms with Gasteiger partial charge in [0.15, 0.2) is 0 Å². The lowest BCUT2D eigenvalue weighted by molar-refractivity contribution is 1.23. The van der Waals surface area contributed by atoms with Crippen molar-refractivity contribution in [1.29, 1.82) is 0 Å². The predicted molar refractivity (Wildman–Crippen MR) is 38.0 cm³/mol. The molecule has 8 heavy (non-hydrogen) atoms. The molecule has 0 saturated carbocycles. The van der Waals surface area contributed by atoms with Crippen LogP contribution < -0.4 is 0 Å². The molecular formula is C6H8BrN. The third-order valence-electron chi connectivity index (χ3n) is 0.704. The van der Waals surface area contributed by atoms with Gasteiger partial charge in [0.1, 0.15) is 0 Å². The summed E-state index contributed by atoms with van der Waals surface area (Å²) in [7, 11) is 0. The Hall–Kier alpha value is -0.240. The number of halogens is 1. The van der Waals surface area contributed by atoms with Crippen molar-refractivity contribution in [1.82, 2.24) is 4.98 Å². The average molecular weight is 181 g/mol. The van der Waals surface area contributed by atoms with Gasteiger partial charge in [0, 0.05) is 13.9 Å². The van der Waals surface area contributed by atoms with Gasteiger partial charge in [0.25, 0.3) is 0 Å². The molecule has 0 amide bonds. The number of nitrogens with one attached hydrogen (secondary N) is 1. The van der Waals surface area contributed by atoms with Crippen molar-refractivity contribution in [2.75, 3.05) is 0 Å². The Morgan fingerprint density at radius 2 is 2.75 bits per heavy atom. The van der Waals surface area contributed by atoms with E-state index >= 15 is 0 Å². The fraction of sp³-hybridized carbons (Fsp3) is 0.333. The molecule has 1 heterocycles. The molecule has 0 unspecified atom stereocenters. The molecule has 0 radical (unpaired) electrons. The highest BCUT2D eigenvalue weighted by Crippen LogP contribution is 2.14. The van der Waals surface area contributed by atoms with Gasteiger partial charge in [-0.25, -0.2) is 0 Å². The van der Waals surface area contributed by atoms with E-state index in [2.05, 4.69) is 20.9 Å². The lowest BCUT2D eigenvalue weighted by atomic mass is 10.4. The number of aromatic nitrogens is 1. The van der Waals surface area contributed by atoms with Gasteiger partial charge in [0.2, 0.25) is 0 Å². The van der Waals surface area contributed by atoms with E-state index in [-0.39, 0.29) is 15.9 Å². The Morgan fingerprint density at radius 1 is 1.88 bits per heavy atom. The fourth-order valence-corrected chi connectivity index (χ4v) is 0.681. The molecule has 0 aliphatic heterocycles. The zero-order chi connectivity index (χ0) is 12.0. The summed E-state index contributed by atoms with van der Waals surface area (Å²) in [6.07, 6.45) is 0. The van der Waals surface area contributed by atoms with Crippen LogP contribution in [-0.4, -0.2) is 4.98 Å².